The Bertz CT molecular complexity index is 632. The van der Waals surface area contributed by atoms with Gasteiger partial charge in [-0.3, -0.25) is 9.69 Å². The summed E-state index contributed by atoms with van der Waals surface area (Å²) in [5, 5.41) is 2.85. The maximum atomic E-state index is 14.0. The van der Waals surface area contributed by atoms with Gasteiger partial charge in [-0.2, -0.15) is 0 Å². The van der Waals surface area contributed by atoms with Gasteiger partial charge in [-0.15, -0.1) is 0 Å². The van der Waals surface area contributed by atoms with Crippen molar-refractivity contribution in [1.29, 1.82) is 0 Å². The second-order valence-electron chi connectivity index (χ2n) is 6.42. The summed E-state index contributed by atoms with van der Waals surface area (Å²) in [6.45, 7) is 4.13. The van der Waals surface area contributed by atoms with Crippen LogP contribution in [0.4, 0.5) is 14.9 Å². The van der Waals surface area contributed by atoms with Gasteiger partial charge in [-0.1, -0.05) is 12.1 Å². The number of likely N-dealkylation sites (tertiary alicyclic amines) is 1. The van der Waals surface area contributed by atoms with Gasteiger partial charge in [-0.25, -0.2) is 9.18 Å². The lowest BCUT2D eigenvalue weighted by molar-refractivity contribution is -0.122. The smallest absolute Gasteiger partial charge is 0.407 e. The Kier molecular flexibility index (Phi) is 5.53. The van der Waals surface area contributed by atoms with Gasteiger partial charge in [0.05, 0.1) is 18.3 Å². The molecule has 2 aliphatic rings. The predicted octanol–water partition coefficient (Wildman–Crippen LogP) is 2.14. The number of rotatable bonds is 4. The minimum absolute atomic E-state index is 0.0399. The number of hydrogen-bond donors (Lipinski definition) is 1. The molecule has 0 radical (unpaired) electrons. The standard InChI is InChI=1S/C18H24FN3O3/c1-2-25-18(24)20-13-7-10-21(11-8-13)16-9-12-22(17(16)23)15-6-4-3-5-14(15)19/h3-6,13,16H,2,7-12H2,1H3,(H,20,24)/t16-/m1/s1. The fraction of sp³-hybridized carbons (Fsp3) is 0.556. The van der Waals surface area contributed by atoms with Crippen LogP contribution >= 0.6 is 0 Å². The van der Waals surface area contributed by atoms with Crippen LogP contribution < -0.4 is 10.2 Å². The topological polar surface area (TPSA) is 61.9 Å². The number of anilines is 1. The third-order valence-corrected chi connectivity index (χ3v) is 4.89. The van der Waals surface area contributed by atoms with Crippen LogP contribution in [0.3, 0.4) is 0 Å². The Morgan fingerprint density at radius 3 is 2.64 bits per heavy atom. The molecule has 0 spiro atoms. The van der Waals surface area contributed by atoms with Gasteiger partial charge in [-0.05, 0) is 38.3 Å². The van der Waals surface area contributed by atoms with Crippen molar-refractivity contribution in [1.82, 2.24) is 10.2 Å². The lowest BCUT2D eigenvalue weighted by Crippen LogP contribution is -2.50. The third kappa shape index (κ3) is 3.92. The number of carbonyl (C=O) groups is 2. The summed E-state index contributed by atoms with van der Waals surface area (Å²) in [6.07, 6.45) is 1.87. The van der Waals surface area contributed by atoms with Gasteiger partial charge in [0, 0.05) is 25.7 Å². The molecule has 0 saturated carbocycles. The molecule has 25 heavy (non-hydrogen) atoms. The number of amides is 2. The Hall–Kier alpha value is -2.15. The molecule has 0 bridgehead atoms. The maximum Gasteiger partial charge on any atom is 0.407 e. The average molecular weight is 349 g/mol. The van der Waals surface area contributed by atoms with Crippen molar-refractivity contribution in [2.45, 2.75) is 38.3 Å². The van der Waals surface area contributed by atoms with Crippen molar-refractivity contribution in [2.24, 2.45) is 0 Å². The van der Waals surface area contributed by atoms with E-state index < -0.39 is 0 Å². The molecular formula is C18H24FN3O3. The molecule has 2 saturated heterocycles. The molecule has 6 nitrogen and oxygen atoms in total. The Morgan fingerprint density at radius 1 is 1.24 bits per heavy atom. The highest BCUT2D eigenvalue weighted by Crippen LogP contribution is 2.28. The zero-order valence-electron chi connectivity index (χ0n) is 14.4. The summed E-state index contributed by atoms with van der Waals surface area (Å²) in [6, 6.07) is 6.26. The van der Waals surface area contributed by atoms with Gasteiger partial charge in [0.1, 0.15) is 5.82 Å². The quantitative estimate of drug-likeness (QED) is 0.905. The van der Waals surface area contributed by atoms with Crippen LogP contribution in [0.5, 0.6) is 0 Å². The lowest BCUT2D eigenvalue weighted by Gasteiger charge is -2.35. The summed E-state index contributed by atoms with van der Waals surface area (Å²) < 4.78 is 18.9. The van der Waals surface area contributed by atoms with Gasteiger partial charge in [0.15, 0.2) is 0 Å². The minimum Gasteiger partial charge on any atom is -0.450 e. The molecule has 2 amide bonds. The number of hydrogen-bond acceptors (Lipinski definition) is 4. The van der Waals surface area contributed by atoms with Crippen molar-refractivity contribution < 1.29 is 18.7 Å². The maximum absolute atomic E-state index is 14.0. The van der Waals surface area contributed by atoms with Crippen LogP contribution in [-0.4, -0.2) is 55.2 Å². The van der Waals surface area contributed by atoms with E-state index in [0.717, 1.165) is 25.9 Å². The second kappa shape index (κ2) is 7.82. The van der Waals surface area contributed by atoms with E-state index >= 15 is 0 Å². The number of nitrogens with one attached hydrogen (secondary N) is 1. The number of nitrogens with zero attached hydrogens (tertiary/aromatic N) is 2. The monoisotopic (exact) mass is 349 g/mol. The van der Waals surface area contributed by atoms with Crippen LogP contribution in [0.1, 0.15) is 26.2 Å². The fourth-order valence-corrected chi connectivity index (χ4v) is 3.61. The first-order valence-corrected chi connectivity index (χ1v) is 8.83. The van der Waals surface area contributed by atoms with E-state index in [-0.39, 0.29) is 29.9 Å². The normalized spacial score (nSPS) is 22.2. The Balaban J connectivity index is 1.55. The van der Waals surface area contributed by atoms with Crippen LogP contribution in [0.2, 0.25) is 0 Å². The predicted molar refractivity (Wildman–Crippen MR) is 91.9 cm³/mol. The van der Waals surface area contributed by atoms with E-state index in [9.17, 15) is 14.0 Å². The summed E-state index contributed by atoms with van der Waals surface area (Å²) in [4.78, 5) is 27.9. The number of ether oxygens (including phenoxy) is 1. The van der Waals surface area contributed by atoms with Crippen molar-refractivity contribution in [2.75, 3.05) is 31.1 Å². The molecule has 0 aliphatic carbocycles. The molecule has 2 fully saturated rings. The molecule has 7 heteroatoms. The first-order valence-electron chi connectivity index (χ1n) is 8.83. The number of para-hydroxylation sites is 1. The SMILES string of the molecule is CCOC(=O)NC1CCN([C@@H]2CCN(c3ccccc3F)C2=O)CC1. The minimum atomic E-state index is -0.386. The molecule has 2 aliphatic heterocycles. The summed E-state index contributed by atoms with van der Waals surface area (Å²) in [5.41, 5.74) is 0.355. The molecule has 1 aromatic carbocycles. The first-order chi connectivity index (χ1) is 12.1. The number of carbonyl (C=O) groups excluding carboxylic acids is 2. The molecule has 3 rings (SSSR count). The highest BCUT2D eigenvalue weighted by atomic mass is 19.1. The largest absolute Gasteiger partial charge is 0.450 e. The molecule has 136 valence electrons. The molecule has 1 aromatic rings. The zero-order chi connectivity index (χ0) is 17.8. The van der Waals surface area contributed by atoms with E-state index in [1.807, 2.05) is 0 Å². The molecular weight excluding hydrogens is 325 g/mol. The first kappa shape index (κ1) is 17.7. The van der Waals surface area contributed by atoms with Crippen LogP contribution in [0, 0.1) is 5.82 Å². The summed E-state index contributed by atoms with van der Waals surface area (Å²) in [5.74, 6) is -0.407. The summed E-state index contributed by atoms with van der Waals surface area (Å²) in [7, 11) is 0. The van der Waals surface area contributed by atoms with Crippen molar-refractivity contribution in [3.8, 4) is 0 Å². The molecule has 2 heterocycles. The zero-order valence-corrected chi connectivity index (χ0v) is 14.4. The average Bonchev–Trinajstić information content (AvgIpc) is 2.98. The summed E-state index contributed by atoms with van der Waals surface area (Å²) >= 11 is 0. The van der Waals surface area contributed by atoms with Gasteiger partial charge in [0.25, 0.3) is 0 Å². The van der Waals surface area contributed by atoms with E-state index in [2.05, 4.69) is 10.2 Å². The van der Waals surface area contributed by atoms with Crippen molar-refractivity contribution in [3.63, 3.8) is 0 Å². The van der Waals surface area contributed by atoms with E-state index in [4.69, 9.17) is 4.74 Å². The highest BCUT2D eigenvalue weighted by Gasteiger charge is 2.38. The van der Waals surface area contributed by atoms with E-state index in [0.29, 0.717) is 25.3 Å². The fourth-order valence-electron chi connectivity index (χ4n) is 3.61. The van der Waals surface area contributed by atoms with Crippen LogP contribution in [0.25, 0.3) is 0 Å². The van der Waals surface area contributed by atoms with Gasteiger partial charge >= 0.3 is 6.09 Å². The lowest BCUT2D eigenvalue weighted by atomic mass is 10.0. The van der Waals surface area contributed by atoms with Crippen molar-refractivity contribution >= 4 is 17.7 Å². The highest BCUT2D eigenvalue weighted by molar-refractivity contribution is 5.99. The van der Waals surface area contributed by atoms with E-state index in [1.165, 1.54) is 6.07 Å². The van der Waals surface area contributed by atoms with Gasteiger partial charge < -0.3 is 15.0 Å². The van der Waals surface area contributed by atoms with Crippen LogP contribution in [0.15, 0.2) is 24.3 Å². The molecule has 1 atom stereocenters. The van der Waals surface area contributed by atoms with Gasteiger partial charge in [0.2, 0.25) is 5.91 Å². The molecule has 0 unspecified atom stereocenters. The number of piperidine rings is 1. The van der Waals surface area contributed by atoms with E-state index in [1.54, 1.807) is 30.0 Å². The number of halogens is 1. The molecule has 0 aromatic heterocycles. The van der Waals surface area contributed by atoms with Crippen molar-refractivity contribution in [3.05, 3.63) is 30.1 Å². The third-order valence-electron chi connectivity index (χ3n) is 4.89. The van der Waals surface area contributed by atoms with Crippen LogP contribution in [-0.2, 0) is 9.53 Å². The number of alkyl carbamates (subject to hydrolysis) is 1. The second-order valence-corrected chi connectivity index (χ2v) is 6.42. The Labute approximate surface area is 146 Å². The Morgan fingerprint density at radius 2 is 1.96 bits per heavy atom. The number of benzene rings is 1. The molecule has 1 N–H and O–H groups in total.